The van der Waals surface area contributed by atoms with Crippen LogP contribution in [0.3, 0.4) is 0 Å². The first-order chi connectivity index (χ1) is 10.6. The Morgan fingerprint density at radius 3 is 2.35 bits per heavy atom. The Morgan fingerprint density at radius 2 is 1.78 bits per heavy atom. The molecule has 2 N–H and O–H groups in total. The molecule has 0 amide bonds. The number of nitrogens with one attached hydrogen (secondary N) is 1. The Labute approximate surface area is 137 Å². The molecule has 0 aliphatic heterocycles. The van der Waals surface area contributed by atoms with Crippen molar-refractivity contribution in [2.75, 3.05) is 6.54 Å². The van der Waals surface area contributed by atoms with Crippen molar-refractivity contribution in [3.8, 4) is 0 Å². The number of aryl methyl sites for hydroxylation is 1. The Kier molecular flexibility index (Phi) is 4.92. The molecular formula is C18H26FN3O. The van der Waals surface area contributed by atoms with Crippen molar-refractivity contribution in [3.05, 3.63) is 53.1 Å². The normalized spacial score (nSPS) is 14.7. The maximum Gasteiger partial charge on any atom is 0.123 e. The lowest BCUT2D eigenvalue weighted by atomic mass is 9.89. The van der Waals surface area contributed by atoms with Gasteiger partial charge in [-0.15, -0.1) is 0 Å². The molecule has 0 radical (unpaired) electrons. The van der Waals surface area contributed by atoms with Crippen LogP contribution in [0.2, 0.25) is 0 Å². The molecular weight excluding hydrogens is 293 g/mol. The zero-order valence-corrected chi connectivity index (χ0v) is 14.5. The van der Waals surface area contributed by atoms with E-state index in [1.54, 1.807) is 19.1 Å². The lowest BCUT2D eigenvalue weighted by Gasteiger charge is -2.25. The second kappa shape index (κ2) is 6.42. The number of nitrogens with zero attached hydrogens (tertiary/aromatic N) is 2. The smallest absolute Gasteiger partial charge is 0.123 e. The molecule has 0 aliphatic carbocycles. The van der Waals surface area contributed by atoms with Crippen molar-refractivity contribution in [1.82, 2.24) is 15.1 Å². The van der Waals surface area contributed by atoms with Crippen LogP contribution in [-0.4, -0.2) is 21.4 Å². The molecule has 1 heterocycles. The highest BCUT2D eigenvalue weighted by Crippen LogP contribution is 2.24. The lowest BCUT2D eigenvalue weighted by Crippen LogP contribution is -2.35. The molecule has 4 nitrogen and oxygen atoms in total. The summed E-state index contributed by atoms with van der Waals surface area (Å²) in [7, 11) is 1.91. The monoisotopic (exact) mass is 319 g/mol. The summed E-state index contributed by atoms with van der Waals surface area (Å²) < 4.78 is 14.8. The van der Waals surface area contributed by atoms with Gasteiger partial charge in [-0.05, 0) is 24.6 Å². The molecule has 5 heteroatoms. The number of halogens is 1. The first-order valence-electron chi connectivity index (χ1n) is 7.82. The van der Waals surface area contributed by atoms with Crippen LogP contribution in [0.25, 0.3) is 0 Å². The molecule has 1 aromatic carbocycles. The number of aromatic nitrogens is 2. The predicted octanol–water partition coefficient (Wildman–Crippen LogP) is 2.85. The minimum Gasteiger partial charge on any atom is -0.384 e. The van der Waals surface area contributed by atoms with E-state index in [1.807, 2.05) is 17.9 Å². The maximum absolute atomic E-state index is 13.0. The summed E-state index contributed by atoms with van der Waals surface area (Å²) in [6, 6.07) is 5.95. The van der Waals surface area contributed by atoms with E-state index in [9.17, 15) is 9.50 Å². The summed E-state index contributed by atoms with van der Waals surface area (Å²) in [4.78, 5) is 0. The van der Waals surface area contributed by atoms with Gasteiger partial charge < -0.3 is 10.4 Å². The largest absolute Gasteiger partial charge is 0.384 e. The second-order valence-electron chi connectivity index (χ2n) is 7.31. The third kappa shape index (κ3) is 4.39. The van der Waals surface area contributed by atoms with E-state index >= 15 is 0 Å². The summed E-state index contributed by atoms with van der Waals surface area (Å²) in [6.45, 7) is 9.12. The molecule has 1 aromatic heterocycles. The molecule has 2 aromatic rings. The summed E-state index contributed by atoms with van der Waals surface area (Å²) in [5, 5.41) is 18.4. The number of aliphatic hydroxyl groups is 1. The van der Waals surface area contributed by atoms with Gasteiger partial charge in [-0.1, -0.05) is 32.9 Å². The molecule has 1 atom stereocenters. The van der Waals surface area contributed by atoms with E-state index in [0.29, 0.717) is 18.7 Å². The van der Waals surface area contributed by atoms with Gasteiger partial charge in [-0.25, -0.2) is 4.39 Å². The first-order valence-corrected chi connectivity index (χ1v) is 7.82. The number of hydrogen-bond acceptors (Lipinski definition) is 3. The van der Waals surface area contributed by atoms with Gasteiger partial charge >= 0.3 is 0 Å². The zero-order chi connectivity index (χ0) is 17.3. The van der Waals surface area contributed by atoms with Crippen LogP contribution < -0.4 is 5.32 Å². The van der Waals surface area contributed by atoms with Gasteiger partial charge in [-0.2, -0.15) is 5.10 Å². The van der Waals surface area contributed by atoms with E-state index in [1.165, 1.54) is 12.1 Å². The highest BCUT2D eigenvalue weighted by atomic mass is 19.1. The molecule has 0 fully saturated rings. The van der Waals surface area contributed by atoms with Crippen LogP contribution in [-0.2, 0) is 24.6 Å². The van der Waals surface area contributed by atoms with Gasteiger partial charge in [0.05, 0.1) is 11.3 Å². The van der Waals surface area contributed by atoms with Crippen molar-refractivity contribution in [2.45, 2.75) is 45.3 Å². The van der Waals surface area contributed by atoms with Crippen LogP contribution in [0.5, 0.6) is 0 Å². The molecule has 126 valence electrons. The Bertz CT molecular complexity index is 654. The third-order valence-electron chi connectivity index (χ3n) is 3.87. The van der Waals surface area contributed by atoms with Gasteiger partial charge in [-0.3, -0.25) is 4.68 Å². The average Bonchev–Trinajstić information content (AvgIpc) is 2.80. The standard InChI is InChI=1S/C18H26FN3O/c1-17(2,3)16-13(11-22(5)21-16)10-20-12-18(4,23)14-6-8-15(19)9-7-14/h6-9,11,20,23H,10,12H2,1-5H3. The topological polar surface area (TPSA) is 50.1 Å². The molecule has 23 heavy (non-hydrogen) atoms. The predicted molar refractivity (Wildman–Crippen MR) is 89.6 cm³/mol. The van der Waals surface area contributed by atoms with E-state index in [-0.39, 0.29) is 11.2 Å². The first kappa shape index (κ1) is 17.6. The minimum absolute atomic E-state index is 0.0300. The number of hydrogen-bond donors (Lipinski definition) is 2. The van der Waals surface area contributed by atoms with Gasteiger partial charge in [0.1, 0.15) is 5.82 Å². The van der Waals surface area contributed by atoms with E-state index in [2.05, 4.69) is 31.2 Å². The summed E-state index contributed by atoms with van der Waals surface area (Å²) in [5.74, 6) is -0.303. The number of rotatable bonds is 5. The average molecular weight is 319 g/mol. The molecule has 0 saturated heterocycles. The highest BCUT2D eigenvalue weighted by molar-refractivity contribution is 5.25. The van der Waals surface area contributed by atoms with Crippen LogP contribution in [0.15, 0.2) is 30.5 Å². The quantitative estimate of drug-likeness (QED) is 0.891. The molecule has 2 rings (SSSR count). The van der Waals surface area contributed by atoms with Gasteiger partial charge in [0.2, 0.25) is 0 Å². The van der Waals surface area contributed by atoms with Crippen molar-refractivity contribution in [1.29, 1.82) is 0 Å². The Morgan fingerprint density at radius 1 is 1.17 bits per heavy atom. The Hall–Kier alpha value is -1.72. The van der Waals surface area contributed by atoms with Crippen LogP contribution in [0, 0.1) is 5.82 Å². The van der Waals surface area contributed by atoms with Crippen LogP contribution in [0.4, 0.5) is 4.39 Å². The van der Waals surface area contributed by atoms with Crippen molar-refractivity contribution >= 4 is 0 Å². The van der Waals surface area contributed by atoms with Crippen molar-refractivity contribution in [2.24, 2.45) is 7.05 Å². The molecule has 0 spiro atoms. The van der Waals surface area contributed by atoms with E-state index in [0.717, 1.165) is 11.3 Å². The molecule has 0 bridgehead atoms. The van der Waals surface area contributed by atoms with Crippen LogP contribution >= 0.6 is 0 Å². The summed E-state index contributed by atoms with van der Waals surface area (Å²) in [5.41, 5.74) is 1.77. The third-order valence-corrected chi connectivity index (χ3v) is 3.87. The SMILES string of the molecule is Cn1cc(CNCC(C)(O)c2ccc(F)cc2)c(C(C)(C)C)n1. The molecule has 0 aliphatic rings. The van der Waals surface area contributed by atoms with Crippen LogP contribution in [0.1, 0.15) is 44.5 Å². The number of benzene rings is 1. The van der Waals surface area contributed by atoms with E-state index in [4.69, 9.17) is 0 Å². The fraction of sp³-hybridized carbons (Fsp3) is 0.500. The summed E-state index contributed by atoms with van der Waals surface area (Å²) >= 11 is 0. The fourth-order valence-electron chi connectivity index (χ4n) is 2.65. The van der Waals surface area contributed by atoms with Gasteiger partial charge in [0.25, 0.3) is 0 Å². The minimum atomic E-state index is -1.06. The fourth-order valence-corrected chi connectivity index (χ4v) is 2.65. The van der Waals surface area contributed by atoms with Gasteiger partial charge in [0, 0.05) is 37.3 Å². The highest BCUT2D eigenvalue weighted by Gasteiger charge is 2.24. The van der Waals surface area contributed by atoms with E-state index < -0.39 is 5.60 Å². The Balaban J connectivity index is 2.03. The lowest BCUT2D eigenvalue weighted by molar-refractivity contribution is 0.0566. The van der Waals surface area contributed by atoms with Gasteiger partial charge in [0.15, 0.2) is 0 Å². The molecule has 0 saturated carbocycles. The van der Waals surface area contributed by atoms with Crippen molar-refractivity contribution < 1.29 is 9.50 Å². The molecule has 1 unspecified atom stereocenters. The van der Waals surface area contributed by atoms with Crippen molar-refractivity contribution in [3.63, 3.8) is 0 Å². The summed E-state index contributed by atoms with van der Waals surface area (Å²) in [6.07, 6.45) is 2.00. The maximum atomic E-state index is 13.0. The second-order valence-corrected chi connectivity index (χ2v) is 7.31. The zero-order valence-electron chi connectivity index (χ0n) is 14.5.